The van der Waals surface area contributed by atoms with Gasteiger partial charge < -0.3 is 4.98 Å². The number of hydrogen-bond acceptors (Lipinski definition) is 3. The maximum Gasteiger partial charge on any atom is 0.239 e. The van der Waals surface area contributed by atoms with Crippen molar-refractivity contribution in [2.24, 2.45) is 0 Å². The van der Waals surface area contributed by atoms with Gasteiger partial charge in [0.2, 0.25) is 15.0 Å². The number of aromatic nitrogens is 2. The van der Waals surface area contributed by atoms with Gasteiger partial charge in [-0.25, -0.2) is 13.4 Å². The Morgan fingerprint density at radius 2 is 1.62 bits per heavy atom. The second-order valence-electron chi connectivity index (χ2n) is 5.26. The van der Waals surface area contributed by atoms with Crippen LogP contribution in [0.2, 0.25) is 0 Å². The first-order valence-corrected chi connectivity index (χ1v) is 8.15. The first kappa shape index (κ1) is 13.8. The predicted molar refractivity (Wildman–Crippen MR) is 82.2 cm³/mol. The van der Waals surface area contributed by atoms with E-state index in [4.69, 9.17) is 0 Å². The van der Waals surface area contributed by atoms with E-state index >= 15 is 0 Å². The number of sulfone groups is 1. The fourth-order valence-electron chi connectivity index (χ4n) is 2.25. The SMILES string of the molecule is Cc1ccc(S(=O)(=O)c2nc3c(C)c(C)ccc3[nH]2)cc1. The van der Waals surface area contributed by atoms with Crippen LogP contribution in [0, 0.1) is 20.8 Å². The van der Waals surface area contributed by atoms with Crippen molar-refractivity contribution in [2.75, 3.05) is 0 Å². The van der Waals surface area contributed by atoms with Gasteiger partial charge in [-0.2, -0.15) is 0 Å². The van der Waals surface area contributed by atoms with Gasteiger partial charge in [-0.15, -0.1) is 0 Å². The van der Waals surface area contributed by atoms with Crippen molar-refractivity contribution in [3.8, 4) is 0 Å². The number of nitrogens with zero attached hydrogens (tertiary/aromatic N) is 1. The molecular weight excluding hydrogens is 284 g/mol. The van der Waals surface area contributed by atoms with Crippen molar-refractivity contribution in [3.05, 3.63) is 53.1 Å². The summed E-state index contributed by atoms with van der Waals surface area (Å²) in [6.07, 6.45) is 0. The van der Waals surface area contributed by atoms with Crippen molar-refractivity contribution in [1.29, 1.82) is 0 Å². The van der Waals surface area contributed by atoms with Crippen molar-refractivity contribution >= 4 is 20.9 Å². The molecule has 108 valence electrons. The second kappa shape index (κ2) is 4.70. The average molecular weight is 300 g/mol. The number of benzene rings is 2. The lowest BCUT2D eigenvalue weighted by Gasteiger charge is -2.01. The predicted octanol–water partition coefficient (Wildman–Crippen LogP) is 3.32. The van der Waals surface area contributed by atoms with Crippen molar-refractivity contribution < 1.29 is 8.42 Å². The molecule has 1 N–H and O–H groups in total. The third kappa shape index (κ3) is 2.23. The number of aromatic amines is 1. The molecule has 0 spiro atoms. The molecule has 5 heteroatoms. The third-order valence-electron chi connectivity index (χ3n) is 3.74. The van der Waals surface area contributed by atoms with Gasteiger partial charge in [0.15, 0.2) is 0 Å². The van der Waals surface area contributed by atoms with Crippen LogP contribution < -0.4 is 0 Å². The summed E-state index contributed by atoms with van der Waals surface area (Å²) < 4.78 is 25.2. The van der Waals surface area contributed by atoms with E-state index in [0.717, 1.165) is 22.2 Å². The van der Waals surface area contributed by atoms with E-state index in [-0.39, 0.29) is 10.1 Å². The maximum absolute atomic E-state index is 12.6. The molecule has 1 aromatic heterocycles. The summed E-state index contributed by atoms with van der Waals surface area (Å²) in [4.78, 5) is 7.47. The van der Waals surface area contributed by atoms with Gasteiger partial charge in [-0.3, -0.25) is 0 Å². The summed E-state index contributed by atoms with van der Waals surface area (Å²) in [6, 6.07) is 10.6. The molecule has 0 aliphatic rings. The fourth-order valence-corrected chi connectivity index (χ4v) is 3.42. The zero-order chi connectivity index (χ0) is 15.2. The Labute approximate surface area is 123 Å². The smallest absolute Gasteiger partial charge is 0.239 e. The lowest BCUT2D eigenvalue weighted by Crippen LogP contribution is -2.04. The van der Waals surface area contributed by atoms with Crippen LogP contribution >= 0.6 is 0 Å². The van der Waals surface area contributed by atoms with Gasteiger partial charge >= 0.3 is 0 Å². The first-order valence-electron chi connectivity index (χ1n) is 6.67. The summed E-state index contributed by atoms with van der Waals surface area (Å²) in [5.41, 5.74) is 4.55. The maximum atomic E-state index is 12.6. The molecule has 0 aliphatic carbocycles. The average Bonchev–Trinajstić information content (AvgIpc) is 2.89. The molecule has 0 amide bonds. The van der Waals surface area contributed by atoms with Gasteiger partial charge in [0.1, 0.15) is 0 Å². The minimum absolute atomic E-state index is 0.00458. The van der Waals surface area contributed by atoms with Crippen LogP contribution in [0.25, 0.3) is 11.0 Å². The molecule has 1 heterocycles. The first-order chi connectivity index (χ1) is 9.89. The van der Waals surface area contributed by atoms with Gasteiger partial charge in [0.05, 0.1) is 15.9 Å². The molecule has 0 aliphatic heterocycles. The fraction of sp³-hybridized carbons (Fsp3) is 0.188. The molecule has 0 saturated carbocycles. The van der Waals surface area contributed by atoms with Crippen LogP contribution in [0.3, 0.4) is 0 Å². The highest BCUT2D eigenvalue weighted by atomic mass is 32.2. The van der Waals surface area contributed by atoms with Gasteiger partial charge in [0, 0.05) is 0 Å². The molecule has 0 atom stereocenters. The Balaban J connectivity index is 2.19. The number of fused-ring (bicyclic) bond motifs is 1. The number of H-pyrrole nitrogens is 1. The molecule has 0 radical (unpaired) electrons. The van der Waals surface area contributed by atoms with E-state index in [1.807, 2.05) is 32.9 Å². The monoisotopic (exact) mass is 300 g/mol. The Hall–Kier alpha value is -2.14. The highest BCUT2D eigenvalue weighted by Gasteiger charge is 2.22. The summed E-state index contributed by atoms with van der Waals surface area (Å²) >= 11 is 0. The Morgan fingerprint density at radius 3 is 2.29 bits per heavy atom. The Kier molecular flexibility index (Phi) is 3.10. The van der Waals surface area contributed by atoms with E-state index in [2.05, 4.69) is 9.97 Å². The lowest BCUT2D eigenvalue weighted by molar-refractivity contribution is 0.589. The van der Waals surface area contributed by atoms with E-state index in [9.17, 15) is 8.42 Å². The van der Waals surface area contributed by atoms with Gasteiger partial charge in [0.25, 0.3) is 0 Å². The highest BCUT2D eigenvalue weighted by Crippen LogP contribution is 2.24. The van der Waals surface area contributed by atoms with E-state index in [1.165, 1.54) is 0 Å². The largest absolute Gasteiger partial charge is 0.328 e. The third-order valence-corrected chi connectivity index (χ3v) is 5.34. The number of nitrogens with one attached hydrogen (secondary N) is 1. The van der Waals surface area contributed by atoms with E-state index in [1.54, 1.807) is 24.3 Å². The number of hydrogen-bond donors (Lipinski definition) is 1. The quantitative estimate of drug-likeness (QED) is 0.789. The number of aryl methyl sites for hydroxylation is 3. The minimum atomic E-state index is -3.61. The van der Waals surface area contributed by atoms with Crippen molar-refractivity contribution in [1.82, 2.24) is 9.97 Å². The molecule has 2 aromatic carbocycles. The molecule has 0 bridgehead atoms. The highest BCUT2D eigenvalue weighted by molar-refractivity contribution is 7.91. The zero-order valence-corrected chi connectivity index (χ0v) is 13.0. The second-order valence-corrected chi connectivity index (χ2v) is 7.13. The zero-order valence-electron chi connectivity index (χ0n) is 12.1. The minimum Gasteiger partial charge on any atom is -0.328 e. The van der Waals surface area contributed by atoms with Crippen LogP contribution in [0.1, 0.15) is 16.7 Å². The summed E-state index contributed by atoms with van der Waals surface area (Å²) in [5, 5.41) is -0.00458. The van der Waals surface area contributed by atoms with Gasteiger partial charge in [-0.05, 0) is 50.1 Å². The molecule has 3 aromatic rings. The molecule has 0 unspecified atom stereocenters. The Morgan fingerprint density at radius 1 is 0.952 bits per heavy atom. The van der Waals surface area contributed by atoms with Crippen molar-refractivity contribution in [3.63, 3.8) is 0 Å². The Bertz CT molecular complexity index is 923. The lowest BCUT2D eigenvalue weighted by atomic mass is 10.1. The normalized spacial score (nSPS) is 12.0. The molecule has 3 rings (SSSR count). The molecule has 4 nitrogen and oxygen atoms in total. The molecule has 0 saturated heterocycles. The number of imidazole rings is 1. The van der Waals surface area contributed by atoms with Crippen LogP contribution in [-0.2, 0) is 9.84 Å². The van der Waals surface area contributed by atoms with Crippen molar-refractivity contribution in [2.45, 2.75) is 30.8 Å². The van der Waals surface area contributed by atoms with Crippen LogP contribution in [0.5, 0.6) is 0 Å². The van der Waals surface area contributed by atoms with Crippen LogP contribution in [-0.4, -0.2) is 18.4 Å². The van der Waals surface area contributed by atoms with Gasteiger partial charge in [-0.1, -0.05) is 23.8 Å². The molecular formula is C16H16N2O2S. The van der Waals surface area contributed by atoms with E-state index in [0.29, 0.717) is 5.52 Å². The van der Waals surface area contributed by atoms with E-state index < -0.39 is 9.84 Å². The summed E-state index contributed by atoms with van der Waals surface area (Å²) in [5.74, 6) is 0. The standard InChI is InChI=1S/C16H16N2O2S/c1-10-4-7-13(8-5-10)21(19,20)16-17-14-9-6-11(2)12(3)15(14)18-16/h4-9H,1-3H3,(H,17,18). The molecule has 0 fully saturated rings. The molecule has 21 heavy (non-hydrogen) atoms. The summed E-state index contributed by atoms with van der Waals surface area (Å²) in [6.45, 7) is 5.85. The topological polar surface area (TPSA) is 62.8 Å². The van der Waals surface area contributed by atoms with Crippen LogP contribution in [0.4, 0.5) is 0 Å². The van der Waals surface area contributed by atoms with Crippen LogP contribution in [0.15, 0.2) is 46.5 Å². The number of rotatable bonds is 2. The summed E-state index contributed by atoms with van der Waals surface area (Å²) in [7, 11) is -3.61.